The first-order valence-corrected chi connectivity index (χ1v) is 8.46. The molecule has 118 valence electrons. The SMILES string of the molecule is N#Cc1c(-c2cccc(Br)c2)cc(-c2ccc(Cl)c(Cl)c2)nc1N. The van der Waals surface area contributed by atoms with E-state index < -0.39 is 0 Å². The molecule has 0 aliphatic heterocycles. The van der Waals surface area contributed by atoms with Gasteiger partial charge in [-0.25, -0.2) is 4.98 Å². The molecular weight excluding hydrogens is 409 g/mol. The van der Waals surface area contributed by atoms with Crippen LogP contribution in [0.3, 0.4) is 0 Å². The van der Waals surface area contributed by atoms with Gasteiger partial charge in [0.05, 0.1) is 15.7 Å². The van der Waals surface area contributed by atoms with Crippen molar-refractivity contribution in [1.29, 1.82) is 5.26 Å². The third kappa shape index (κ3) is 3.25. The van der Waals surface area contributed by atoms with Gasteiger partial charge in [0.25, 0.3) is 0 Å². The van der Waals surface area contributed by atoms with Crippen LogP contribution >= 0.6 is 39.1 Å². The first kappa shape index (κ1) is 16.8. The molecule has 3 nitrogen and oxygen atoms in total. The summed E-state index contributed by atoms with van der Waals surface area (Å²) in [6.07, 6.45) is 0. The second-order valence-corrected chi connectivity index (χ2v) is 6.80. The van der Waals surface area contributed by atoms with Gasteiger partial charge in [-0.3, -0.25) is 0 Å². The van der Waals surface area contributed by atoms with E-state index in [-0.39, 0.29) is 5.82 Å². The molecule has 0 saturated heterocycles. The maximum Gasteiger partial charge on any atom is 0.142 e. The van der Waals surface area contributed by atoms with Crippen LogP contribution in [0.4, 0.5) is 5.82 Å². The number of hydrogen-bond acceptors (Lipinski definition) is 3. The number of nitrogen functional groups attached to an aromatic ring is 1. The third-order valence-electron chi connectivity index (χ3n) is 3.51. The maximum absolute atomic E-state index is 9.45. The summed E-state index contributed by atoms with van der Waals surface area (Å²) < 4.78 is 0.912. The molecule has 2 aromatic carbocycles. The first-order chi connectivity index (χ1) is 11.5. The highest BCUT2D eigenvalue weighted by Crippen LogP contribution is 2.34. The maximum atomic E-state index is 9.45. The molecular formula is C18H10BrCl2N3. The lowest BCUT2D eigenvalue weighted by molar-refractivity contribution is 1.31. The van der Waals surface area contributed by atoms with E-state index in [4.69, 9.17) is 28.9 Å². The lowest BCUT2D eigenvalue weighted by Gasteiger charge is -2.11. The Morgan fingerprint density at radius 3 is 2.46 bits per heavy atom. The van der Waals surface area contributed by atoms with Gasteiger partial charge in [0, 0.05) is 15.6 Å². The van der Waals surface area contributed by atoms with Gasteiger partial charge in [-0.2, -0.15) is 5.26 Å². The molecule has 0 spiro atoms. The lowest BCUT2D eigenvalue weighted by Crippen LogP contribution is -1.99. The van der Waals surface area contributed by atoms with Crippen LogP contribution in [0.15, 0.2) is 53.0 Å². The number of rotatable bonds is 2. The predicted molar refractivity (Wildman–Crippen MR) is 102 cm³/mol. The number of nitrogens with zero attached hydrogens (tertiary/aromatic N) is 2. The summed E-state index contributed by atoms with van der Waals surface area (Å²) in [4.78, 5) is 4.34. The van der Waals surface area contributed by atoms with Crippen molar-refractivity contribution in [2.24, 2.45) is 0 Å². The fourth-order valence-electron chi connectivity index (χ4n) is 2.37. The van der Waals surface area contributed by atoms with Gasteiger partial charge >= 0.3 is 0 Å². The molecule has 6 heteroatoms. The van der Waals surface area contributed by atoms with Crippen LogP contribution < -0.4 is 5.73 Å². The van der Waals surface area contributed by atoms with E-state index in [9.17, 15) is 5.26 Å². The highest BCUT2D eigenvalue weighted by atomic mass is 79.9. The van der Waals surface area contributed by atoms with Crippen molar-refractivity contribution in [3.05, 3.63) is 68.6 Å². The molecule has 0 unspecified atom stereocenters. The van der Waals surface area contributed by atoms with Crippen molar-refractivity contribution in [3.8, 4) is 28.5 Å². The molecule has 0 aliphatic carbocycles. The van der Waals surface area contributed by atoms with E-state index in [1.807, 2.05) is 36.4 Å². The second kappa shape index (κ2) is 6.82. The quantitative estimate of drug-likeness (QED) is 0.560. The number of nitrogens with two attached hydrogens (primary N) is 1. The van der Waals surface area contributed by atoms with Gasteiger partial charge in [0.15, 0.2) is 0 Å². The van der Waals surface area contributed by atoms with Gasteiger partial charge in [-0.1, -0.05) is 57.3 Å². The zero-order chi connectivity index (χ0) is 17.3. The summed E-state index contributed by atoms with van der Waals surface area (Å²) >= 11 is 15.5. The normalized spacial score (nSPS) is 10.4. The number of aromatic nitrogens is 1. The summed E-state index contributed by atoms with van der Waals surface area (Å²) in [5, 5.41) is 10.4. The predicted octanol–water partition coefficient (Wildman–Crippen LogP) is 5.94. The van der Waals surface area contributed by atoms with Crippen LogP contribution in [-0.2, 0) is 0 Å². The molecule has 0 atom stereocenters. The zero-order valence-corrected chi connectivity index (χ0v) is 15.3. The molecule has 2 N–H and O–H groups in total. The monoisotopic (exact) mass is 417 g/mol. The average molecular weight is 419 g/mol. The van der Waals surface area contributed by atoms with Crippen molar-refractivity contribution in [2.45, 2.75) is 0 Å². The van der Waals surface area contributed by atoms with E-state index in [0.717, 1.165) is 15.6 Å². The molecule has 0 amide bonds. The molecule has 1 aromatic heterocycles. The molecule has 3 aromatic rings. The minimum Gasteiger partial charge on any atom is -0.383 e. The summed E-state index contributed by atoms with van der Waals surface area (Å²) in [7, 11) is 0. The fourth-order valence-corrected chi connectivity index (χ4v) is 3.07. The zero-order valence-electron chi connectivity index (χ0n) is 12.2. The lowest BCUT2D eigenvalue weighted by atomic mass is 9.98. The molecule has 24 heavy (non-hydrogen) atoms. The van der Waals surface area contributed by atoms with Crippen LogP contribution in [0.5, 0.6) is 0 Å². The van der Waals surface area contributed by atoms with Crippen LogP contribution in [0.2, 0.25) is 10.0 Å². The Morgan fingerprint density at radius 2 is 1.79 bits per heavy atom. The summed E-state index contributed by atoms with van der Waals surface area (Å²) in [6, 6.07) is 16.9. The molecule has 0 aliphatic rings. The van der Waals surface area contributed by atoms with Gasteiger partial charge in [0.2, 0.25) is 0 Å². The van der Waals surface area contributed by atoms with Crippen molar-refractivity contribution >= 4 is 44.9 Å². The second-order valence-electron chi connectivity index (χ2n) is 5.07. The highest BCUT2D eigenvalue weighted by Gasteiger charge is 2.14. The topological polar surface area (TPSA) is 62.7 Å². The van der Waals surface area contributed by atoms with Gasteiger partial charge in [0.1, 0.15) is 17.5 Å². The van der Waals surface area contributed by atoms with Crippen molar-refractivity contribution in [3.63, 3.8) is 0 Å². The van der Waals surface area contributed by atoms with Crippen molar-refractivity contribution < 1.29 is 0 Å². The summed E-state index contributed by atoms with van der Waals surface area (Å²) in [6.45, 7) is 0. The standard InChI is InChI=1S/C18H10BrCl2N3/c19-12-3-1-2-10(6-12)13-8-17(24-18(23)14(13)9-22)11-4-5-15(20)16(21)7-11/h1-8H,(H2,23,24). The van der Waals surface area contributed by atoms with E-state index in [2.05, 4.69) is 27.0 Å². The van der Waals surface area contributed by atoms with Crippen molar-refractivity contribution in [1.82, 2.24) is 4.98 Å². The van der Waals surface area contributed by atoms with E-state index >= 15 is 0 Å². The van der Waals surface area contributed by atoms with Gasteiger partial charge < -0.3 is 5.73 Å². The fraction of sp³-hybridized carbons (Fsp3) is 0. The Hall–Kier alpha value is -2.06. The van der Waals surface area contributed by atoms with E-state index in [1.165, 1.54) is 0 Å². The van der Waals surface area contributed by atoms with E-state index in [0.29, 0.717) is 26.9 Å². The van der Waals surface area contributed by atoms with E-state index in [1.54, 1.807) is 12.1 Å². The number of anilines is 1. The number of halogens is 3. The van der Waals surface area contributed by atoms with Gasteiger partial charge in [-0.15, -0.1) is 0 Å². The molecule has 3 rings (SSSR count). The average Bonchev–Trinajstić information content (AvgIpc) is 2.56. The number of hydrogen-bond donors (Lipinski definition) is 1. The van der Waals surface area contributed by atoms with Crippen LogP contribution in [-0.4, -0.2) is 4.98 Å². The Labute approximate surface area is 157 Å². The largest absolute Gasteiger partial charge is 0.383 e. The number of benzene rings is 2. The Morgan fingerprint density at radius 1 is 1.00 bits per heavy atom. The minimum atomic E-state index is 0.177. The Bertz CT molecular complexity index is 980. The molecule has 1 heterocycles. The third-order valence-corrected chi connectivity index (χ3v) is 4.74. The highest BCUT2D eigenvalue weighted by molar-refractivity contribution is 9.10. The summed E-state index contributed by atoms with van der Waals surface area (Å²) in [5.41, 5.74) is 9.34. The first-order valence-electron chi connectivity index (χ1n) is 6.91. The molecule has 0 saturated carbocycles. The molecule has 0 fully saturated rings. The summed E-state index contributed by atoms with van der Waals surface area (Å²) in [5.74, 6) is 0.177. The smallest absolute Gasteiger partial charge is 0.142 e. The Kier molecular flexibility index (Phi) is 4.77. The molecule has 0 radical (unpaired) electrons. The van der Waals surface area contributed by atoms with Crippen LogP contribution in [0.1, 0.15) is 5.56 Å². The minimum absolute atomic E-state index is 0.177. The Balaban J connectivity index is 2.24. The van der Waals surface area contributed by atoms with Crippen LogP contribution in [0.25, 0.3) is 22.4 Å². The van der Waals surface area contributed by atoms with Gasteiger partial charge in [-0.05, 0) is 35.9 Å². The number of nitriles is 1. The number of pyridine rings is 1. The van der Waals surface area contributed by atoms with Crippen LogP contribution in [0, 0.1) is 11.3 Å². The van der Waals surface area contributed by atoms with Crippen molar-refractivity contribution in [2.75, 3.05) is 5.73 Å². The molecule has 0 bridgehead atoms.